The summed E-state index contributed by atoms with van der Waals surface area (Å²) in [5.41, 5.74) is 1.88. The van der Waals surface area contributed by atoms with Crippen LogP contribution >= 0.6 is 11.8 Å². The van der Waals surface area contributed by atoms with E-state index < -0.39 is 0 Å². The van der Waals surface area contributed by atoms with Gasteiger partial charge in [0.2, 0.25) is 0 Å². The average Bonchev–Trinajstić information content (AvgIpc) is 3.07. The van der Waals surface area contributed by atoms with Gasteiger partial charge >= 0.3 is 0 Å². The second kappa shape index (κ2) is 10.3. The van der Waals surface area contributed by atoms with Crippen molar-refractivity contribution in [2.24, 2.45) is 0 Å². The maximum Gasteiger partial charge on any atom is 0.278 e. The highest BCUT2D eigenvalue weighted by molar-refractivity contribution is 8.04. The number of carbonyl (C=O) groups excluding carboxylic acids is 2. The monoisotopic (exact) mass is 460 g/mol. The molecule has 168 valence electrons. The number of anilines is 1. The fourth-order valence-corrected chi connectivity index (χ4v) is 4.46. The van der Waals surface area contributed by atoms with E-state index in [4.69, 9.17) is 9.47 Å². The van der Waals surface area contributed by atoms with Crippen LogP contribution in [0.15, 0.2) is 94.4 Å². The Labute approximate surface area is 197 Å². The molecule has 0 unspecified atom stereocenters. The number of imide groups is 1. The van der Waals surface area contributed by atoms with Gasteiger partial charge in [-0.05, 0) is 36.2 Å². The van der Waals surface area contributed by atoms with E-state index in [-0.39, 0.29) is 17.5 Å². The normalized spacial score (nSPS) is 13.5. The van der Waals surface area contributed by atoms with Crippen molar-refractivity contribution >= 4 is 29.3 Å². The first-order valence-electron chi connectivity index (χ1n) is 10.5. The Morgan fingerprint density at radius 2 is 1.55 bits per heavy atom. The lowest BCUT2D eigenvalue weighted by Crippen LogP contribution is -2.34. The molecule has 0 spiro atoms. The molecule has 3 aromatic carbocycles. The SMILES string of the molecule is COc1ccc(NC2=C(Sc3ccccc3)C(=O)N(CCc3ccccc3)C2=O)c(OC)c1. The molecule has 4 rings (SSSR count). The minimum Gasteiger partial charge on any atom is -0.497 e. The smallest absolute Gasteiger partial charge is 0.278 e. The minimum atomic E-state index is -0.354. The summed E-state index contributed by atoms with van der Waals surface area (Å²) in [7, 11) is 3.12. The van der Waals surface area contributed by atoms with E-state index in [1.54, 1.807) is 32.4 Å². The molecular weight excluding hydrogens is 436 g/mol. The molecule has 3 aromatic rings. The number of hydrogen-bond donors (Lipinski definition) is 1. The van der Waals surface area contributed by atoms with Crippen LogP contribution in [0.2, 0.25) is 0 Å². The summed E-state index contributed by atoms with van der Waals surface area (Å²) in [5.74, 6) is 0.476. The number of rotatable bonds is 9. The Balaban J connectivity index is 1.64. The highest BCUT2D eigenvalue weighted by Gasteiger charge is 2.39. The first kappa shape index (κ1) is 22.5. The van der Waals surface area contributed by atoms with Crippen LogP contribution in [0.4, 0.5) is 5.69 Å². The van der Waals surface area contributed by atoms with Gasteiger partial charge < -0.3 is 14.8 Å². The number of thioether (sulfide) groups is 1. The zero-order valence-electron chi connectivity index (χ0n) is 18.4. The van der Waals surface area contributed by atoms with Crippen LogP contribution in [-0.2, 0) is 16.0 Å². The zero-order valence-corrected chi connectivity index (χ0v) is 19.2. The number of amides is 2. The second-order valence-corrected chi connectivity index (χ2v) is 8.39. The molecular formula is C26H24N2O4S. The number of hydrogen-bond acceptors (Lipinski definition) is 6. The molecule has 0 radical (unpaired) electrons. The summed E-state index contributed by atoms with van der Waals surface area (Å²) < 4.78 is 10.7. The molecule has 1 N–H and O–H groups in total. The lowest BCUT2D eigenvalue weighted by atomic mass is 10.1. The van der Waals surface area contributed by atoms with E-state index in [2.05, 4.69) is 5.32 Å². The maximum absolute atomic E-state index is 13.4. The van der Waals surface area contributed by atoms with Gasteiger partial charge in [0.15, 0.2) is 0 Å². The topological polar surface area (TPSA) is 67.9 Å². The molecule has 0 atom stereocenters. The number of methoxy groups -OCH3 is 2. The molecule has 0 saturated carbocycles. The molecule has 0 saturated heterocycles. The van der Waals surface area contributed by atoms with Crippen molar-refractivity contribution in [3.63, 3.8) is 0 Å². The van der Waals surface area contributed by atoms with Gasteiger partial charge in [-0.2, -0.15) is 0 Å². The van der Waals surface area contributed by atoms with Gasteiger partial charge in [-0.15, -0.1) is 0 Å². The Kier molecular flexibility index (Phi) is 7.00. The van der Waals surface area contributed by atoms with Crippen molar-refractivity contribution in [1.29, 1.82) is 0 Å². The Morgan fingerprint density at radius 3 is 2.21 bits per heavy atom. The van der Waals surface area contributed by atoms with Gasteiger partial charge in [-0.25, -0.2) is 0 Å². The molecule has 1 aliphatic heterocycles. The van der Waals surface area contributed by atoms with Crippen LogP contribution in [0.25, 0.3) is 0 Å². The molecule has 0 fully saturated rings. The largest absolute Gasteiger partial charge is 0.497 e. The summed E-state index contributed by atoms with van der Waals surface area (Å²) in [6.45, 7) is 0.297. The highest BCUT2D eigenvalue weighted by atomic mass is 32.2. The molecule has 1 heterocycles. The molecule has 1 aliphatic rings. The summed E-state index contributed by atoms with van der Waals surface area (Å²) in [6.07, 6.45) is 0.584. The van der Waals surface area contributed by atoms with Crippen molar-refractivity contribution < 1.29 is 19.1 Å². The number of nitrogens with one attached hydrogen (secondary N) is 1. The highest BCUT2D eigenvalue weighted by Crippen LogP contribution is 2.38. The van der Waals surface area contributed by atoms with Gasteiger partial charge in [0, 0.05) is 17.5 Å². The summed E-state index contributed by atoms with van der Waals surface area (Å²) in [6, 6.07) is 24.6. The number of benzene rings is 3. The van der Waals surface area contributed by atoms with Gasteiger partial charge in [0.25, 0.3) is 11.8 Å². The van der Waals surface area contributed by atoms with E-state index in [1.807, 2.05) is 60.7 Å². The third-order valence-electron chi connectivity index (χ3n) is 5.22. The zero-order chi connectivity index (χ0) is 23.2. The quantitative estimate of drug-likeness (QED) is 0.466. The number of nitrogens with zero attached hydrogens (tertiary/aromatic N) is 1. The van der Waals surface area contributed by atoms with Crippen molar-refractivity contribution in [3.8, 4) is 11.5 Å². The molecule has 0 aromatic heterocycles. The minimum absolute atomic E-state index is 0.241. The molecule has 0 aliphatic carbocycles. The summed E-state index contributed by atoms with van der Waals surface area (Å²) in [5, 5.41) is 3.16. The average molecular weight is 461 g/mol. The van der Waals surface area contributed by atoms with Crippen LogP contribution in [0.3, 0.4) is 0 Å². The van der Waals surface area contributed by atoms with E-state index in [9.17, 15) is 9.59 Å². The van der Waals surface area contributed by atoms with E-state index >= 15 is 0 Å². The third-order valence-corrected chi connectivity index (χ3v) is 6.31. The summed E-state index contributed by atoms with van der Waals surface area (Å²) in [4.78, 5) is 29.2. The van der Waals surface area contributed by atoms with Gasteiger partial charge in [0.05, 0.1) is 19.9 Å². The molecule has 6 nitrogen and oxygen atoms in total. The van der Waals surface area contributed by atoms with Gasteiger partial charge in [0.1, 0.15) is 22.1 Å². The van der Waals surface area contributed by atoms with Crippen molar-refractivity contribution in [3.05, 3.63) is 95.0 Å². The van der Waals surface area contributed by atoms with Crippen molar-refractivity contribution in [2.45, 2.75) is 11.3 Å². The van der Waals surface area contributed by atoms with Crippen LogP contribution in [0, 0.1) is 0 Å². The fourth-order valence-electron chi connectivity index (χ4n) is 3.49. The van der Waals surface area contributed by atoms with Crippen LogP contribution in [0.1, 0.15) is 5.56 Å². The lowest BCUT2D eigenvalue weighted by Gasteiger charge is -2.16. The predicted molar refractivity (Wildman–Crippen MR) is 129 cm³/mol. The molecule has 0 bridgehead atoms. The molecule has 33 heavy (non-hydrogen) atoms. The Hall–Kier alpha value is -3.71. The lowest BCUT2D eigenvalue weighted by molar-refractivity contribution is -0.137. The van der Waals surface area contributed by atoms with E-state index in [0.717, 1.165) is 10.5 Å². The Bertz CT molecular complexity index is 1180. The first-order chi connectivity index (χ1) is 16.1. The molecule has 7 heteroatoms. The Morgan fingerprint density at radius 1 is 0.848 bits per heavy atom. The number of carbonyl (C=O) groups is 2. The molecule has 2 amide bonds. The predicted octanol–water partition coefficient (Wildman–Crippen LogP) is 4.73. The third kappa shape index (κ3) is 5.04. The fraction of sp³-hybridized carbons (Fsp3) is 0.154. The van der Waals surface area contributed by atoms with E-state index in [0.29, 0.717) is 35.1 Å². The standard InChI is InChI=1S/C26H24N2O4S/c1-31-19-13-14-21(22(17-19)32-2)27-23-24(33-20-11-7-4-8-12-20)26(30)28(25(23)29)16-15-18-9-5-3-6-10-18/h3-14,17,27H,15-16H2,1-2H3. The van der Waals surface area contributed by atoms with Crippen molar-refractivity contribution in [1.82, 2.24) is 4.90 Å². The summed E-state index contributed by atoms with van der Waals surface area (Å²) >= 11 is 1.28. The maximum atomic E-state index is 13.4. The van der Waals surface area contributed by atoms with Crippen LogP contribution in [-0.4, -0.2) is 37.5 Å². The van der Waals surface area contributed by atoms with Crippen LogP contribution < -0.4 is 14.8 Å². The van der Waals surface area contributed by atoms with E-state index in [1.165, 1.54) is 16.7 Å². The van der Waals surface area contributed by atoms with Crippen LogP contribution in [0.5, 0.6) is 11.5 Å². The van der Waals surface area contributed by atoms with Gasteiger partial charge in [-0.1, -0.05) is 60.3 Å². The number of ether oxygens (including phenoxy) is 2. The van der Waals surface area contributed by atoms with Crippen molar-refractivity contribution in [2.75, 3.05) is 26.1 Å². The van der Waals surface area contributed by atoms with Gasteiger partial charge in [-0.3, -0.25) is 14.5 Å². The first-order valence-corrected chi connectivity index (χ1v) is 11.3. The second-order valence-electron chi connectivity index (χ2n) is 7.31.